The van der Waals surface area contributed by atoms with Gasteiger partial charge >= 0.3 is 0 Å². The molecular formula is C20H23ClN4O. The standard InChI is InChI=1S/C20H22N4O.ClH/c25-20(16-9-11-21-12-10-16)22-13-15-5-7-17(8-6-15)24-14-23-18-3-1-2-4-19(18)24;/h1-8,14,16,21H,9-13H2,(H,22,25);1H. The van der Waals surface area contributed by atoms with Gasteiger partial charge in [-0.3, -0.25) is 9.36 Å². The Morgan fingerprint density at radius 3 is 2.62 bits per heavy atom. The van der Waals surface area contributed by atoms with Crippen LogP contribution in [0.2, 0.25) is 0 Å². The molecule has 0 aliphatic carbocycles. The number of nitrogens with one attached hydrogen (secondary N) is 2. The van der Waals surface area contributed by atoms with Crippen LogP contribution in [0.5, 0.6) is 0 Å². The van der Waals surface area contributed by atoms with Crippen molar-refractivity contribution in [2.24, 2.45) is 5.92 Å². The maximum Gasteiger partial charge on any atom is 0.223 e. The zero-order chi connectivity index (χ0) is 17.1. The zero-order valence-corrected chi connectivity index (χ0v) is 15.3. The van der Waals surface area contributed by atoms with Gasteiger partial charge < -0.3 is 10.6 Å². The van der Waals surface area contributed by atoms with Gasteiger partial charge in [-0.1, -0.05) is 24.3 Å². The summed E-state index contributed by atoms with van der Waals surface area (Å²) < 4.78 is 2.08. The predicted molar refractivity (Wildman–Crippen MR) is 106 cm³/mol. The summed E-state index contributed by atoms with van der Waals surface area (Å²) in [5.74, 6) is 0.323. The number of carbonyl (C=O) groups excluding carboxylic acids is 1. The van der Waals surface area contributed by atoms with E-state index in [1.807, 2.05) is 24.5 Å². The molecule has 6 heteroatoms. The fourth-order valence-electron chi connectivity index (χ4n) is 3.36. The first-order valence-electron chi connectivity index (χ1n) is 8.81. The molecule has 1 amide bonds. The number of amides is 1. The molecule has 0 unspecified atom stereocenters. The predicted octanol–water partition coefficient (Wildman–Crippen LogP) is 3.06. The number of halogens is 1. The second-order valence-electron chi connectivity index (χ2n) is 6.51. The molecular weight excluding hydrogens is 348 g/mol. The maximum absolute atomic E-state index is 12.2. The number of fused-ring (bicyclic) bond motifs is 1. The molecule has 2 N–H and O–H groups in total. The van der Waals surface area contributed by atoms with E-state index in [9.17, 15) is 4.79 Å². The summed E-state index contributed by atoms with van der Waals surface area (Å²) in [5, 5.41) is 6.35. The minimum atomic E-state index is 0. The van der Waals surface area contributed by atoms with Gasteiger partial charge in [0.15, 0.2) is 0 Å². The van der Waals surface area contributed by atoms with Gasteiger partial charge in [0.25, 0.3) is 0 Å². The fraction of sp³-hybridized carbons (Fsp3) is 0.300. The van der Waals surface area contributed by atoms with Gasteiger partial charge in [-0.2, -0.15) is 0 Å². The number of piperidine rings is 1. The van der Waals surface area contributed by atoms with Crippen molar-refractivity contribution in [3.05, 3.63) is 60.4 Å². The number of aromatic nitrogens is 2. The summed E-state index contributed by atoms with van der Waals surface area (Å²) in [5.41, 5.74) is 4.26. The normalized spacial score (nSPS) is 14.8. The van der Waals surface area contributed by atoms with Crippen LogP contribution in [0.15, 0.2) is 54.9 Å². The molecule has 1 aromatic heterocycles. The summed E-state index contributed by atoms with van der Waals surface area (Å²) in [6, 6.07) is 16.4. The van der Waals surface area contributed by atoms with Crippen molar-refractivity contribution in [1.82, 2.24) is 20.2 Å². The fourth-order valence-corrected chi connectivity index (χ4v) is 3.36. The molecule has 2 aromatic carbocycles. The molecule has 4 rings (SSSR count). The zero-order valence-electron chi connectivity index (χ0n) is 14.5. The summed E-state index contributed by atoms with van der Waals surface area (Å²) in [6.07, 6.45) is 3.70. The molecule has 0 bridgehead atoms. The highest BCUT2D eigenvalue weighted by atomic mass is 35.5. The molecule has 3 aromatic rings. The minimum Gasteiger partial charge on any atom is -0.352 e. The van der Waals surface area contributed by atoms with E-state index in [2.05, 4.69) is 50.5 Å². The number of hydrogen-bond donors (Lipinski definition) is 2. The van der Waals surface area contributed by atoms with Crippen LogP contribution in [0.3, 0.4) is 0 Å². The molecule has 136 valence electrons. The third-order valence-corrected chi connectivity index (χ3v) is 4.84. The lowest BCUT2D eigenvalue weighted by Crippen LogP contribution is -2.37. The average Bonchev–Trinajstić information content (AvgIpc) is 3.11. The Morgan fingerprint density at radius 2 is 1.85 bits per heavy atom. The number of rotatable bonds is 4. The van der Waals surface area contributed by atoms with Gasteiger partial charge in [-0.15, -0.1) is 12.4 Å². The number of hydrogen-bond acceptors (Lipinski definition) is 3. The van der Waals surface area contributed by atoms with Gasteiger partial charge in [0.05, 0.1) is 11.0 Å². The molecule has 1 fully saturated rings. The van der Waals surface area contributed by atoms with Crippen molar-refractivity contribution in [3.63, 3.8) is 0 Å². The Balaban J connectivity index is 0.00000196. The number of para-hydroxylation sites is 2. The molecule has 1 saturated heterocycles. The number of benzene rings is 2. The molecule has 2 heterocycles. The molecule has 0 atom stereocenters. The molecule has 0 radical (unpaired) electrons. The second-order valence-corrected chi connectivity index (χ2v) is 6.51. The van der Waals surface area contributed by atoms with Crippen molar-refractivity contribution in [2.75, 3.05) is 13.1 Å². The van der Waals surface area contributed by atoms with Gasteiger partial charge in [-0.05, 0) is 55.8 Å². The third-order valence-electron chi connectivity index (χ3n) is 4.84. The Labute approximate surface area is 159 Å². The van der Waals surface area contributed by atoms with Crippen LogP contribution in [0.25, 0.3) is 16.7 Å². The second kappa shape index (κ2) is 8.34. The highest BCUT2D eigenvalue weighted by Gasteiger charge is 2.20. The first kappa shape index (κ1) is 18.4. The Kier molecular flexibility index (Phi) is 5.91. The quantitative estimate of drug-likeness (QED) is 0.742. The largest absolute Gasteiger partial charge is 0.352 e. The van der Waals surface area contributed by atoms with E-state index in [0.717, 1.165) is 48.2 Å². The number of carbonyl (C=O) groups is 1. The van der Waals surface area contributed by atoms with E-state index in [-0.39, 0.29) is 24.2 Å². The summed E-state index contributed by atoms with van der Waals surface area (Å²) in [7, 11) is 0. The van der Waals surface area contributed by atoms with Crippen LogP contribution in [-0.4, -0.2) is 28.5 Å². The maximum atomic E-state index is 12.2. The Morgan fingerprint density at radius 1 is 1.12 bits per heavy atom. The first-order chi connectivity index (χ1) is 12.3. The summed E-state index contributed by atoms with van der Waals surface area (Å²) >= 11 is 0. The Hall–Kier alpha value is -2.37. The van der Waals surface area contributed by atoms with Crippen molar-refractivity contribution in [1.29, 1.82) is 0 Å². The van der Waals surface area contributed by atoms with Crippen molar-refractivity contribution in [2.45, 2.75) is 19.4 Å². The first-order valence-corrected chi connectivity index (χ1v) is 8.81. The molecule has 1 aliphatic heterocycles. The van der Waals surface area contributed by atoms with Crippen LogP contribution in [0.1, 0.15) is 18.4 Å². The minimum absolute atomic E-state index is 0. The van der Waals surface area contributed by atoms with Crippen molar-refractivity contribution >= 4 is 29.3 Å². The van der Waals surface area contributed by atoms with Gasteiger partial charge in [0.2, 0.25) is 5.91 Å². The van der Waals surface area contributed by atoms with Gasteiger partial charge in [0, 0.05) is 18.2 Å². The monoisotopic (exact) mass is 370 g/mol. The third kappa shape index (κ3) is 3.89. The summed E-state index contributed by atoms with van der Waals surface area (Å²) in [4.78, 5) is 16.6. The number of imidazole rings is 1. The van der Waals surface area contributed by atoms with Crippen LogP contribution in [0.4, 0.5) is 0 Å². The smallest absolute Gasteiger partial charge is 0.223 e. The lowest BCUT2D eigenvalue weighted by molar-refractivity contribution is -0.125. The van der Waals surface area contributed by atoms with Crippen LogP contribution in [0, 0.1) is 5.92 Å². The van der Waals surface area contributed by atoms with Crippen LogP contribution < -0.4 is 10.6 Å². The van der Waals surface area contributed by atoms with E-state index in [1.54, 1.807) is 0 Å². The Bertz CT molecular complexity index is 869. The molecule has 0 spiro atoms. The van der Waals surface area contributed by atoms with E-state index < -0.39 is 0 Å². The van der Waals surface area contributed by atoms with Crippen molar-refractivity contribution < 1.29 is 4.79 Å². The highest BCUT2D eigenvalue weighted by molar-refractivity contribution is 5.85. The molecule has 1 aliphatic rings. The summed E-state index contributed by atoms with van der Waals surface area (Å²) in [6.45, 7) is 2.45. The average molecular weight is 371 g/mol. The van der Waals surface area contributed by atoms with Crippen molar-refractivity contribution in [3.8, 4) is 5.69 Å². The lowest BCUT2D eigenvalue weighted by atomic mass is 9.97. The highest BCUT2D eigenvalue weighted by Crippen LogP contribution is 2.18. The van der Waals surface area contributed by atoms with E-state index in [4.69, 9.17) is 0 Å². The van der Waals surface area contributed by atoms with E-state index in [1.165, 1.54) is 0 Å². The van der Waals surface area contributed by atoms with Crippen LogP contribution in [-0.2, 0) is 11.3 Å². The van der Waals surface area contributed by atoms with Gasteiger partial charge in [0.1, 0.15) is 6.33 Å². The topological polar surface area (TPSA) is 59.0 Å². The SMILES string of the molecule is Cl.O=C(NCc1ccc(-n2cnc3ccccc32)cc1)C1CCNCC1. The lowest BCUT2D eigenvalue weighted by Gasteiger charge is -2.21. The van der Waals surface area contributed by atoms with Gasteiger partial charge in [-0.25, -0.2) is 4.98 Å². The van der Waals surface area contributed by atoms with E-state index >= 15 is 0 Å². The van der Waals surface area contributed by atoms with Crippen LogP contribution >= 0.6 is 12.4 Å². The van der Waals surface area contributed by atoms with E-state index in [0.29, 0.717) is 6.54 Å². The molecule has 5 nitrogen and oxygen atoms in total. The molecule has 26 heavy (non-hydrogen) atoms. The number of nitrogens with zero attached hydrogens (tertiary/aromatic N) is 2. The molecule has 0 saturated carbocycles.